The summed E-state index contributed by atoms with van der Waals surface area (Å²) in [5.74, 6) is 2.27. The minimum atomic E-state index is 0.313. The highest BCUT2D eigenvalue weighted by Gasteiger charge is 2.10. The molecular formula is C27H52N2. The first-order valence-electron chi connectivity index (χ1n) is 12.4. The van der Waals surface area contributed by atoms with Crippen molar-refractivity contribution in [3.63, 3.8) is 0 Å². The second kappa shape index (κ2) is 20.4. The van der Waals surface area contributed by atoms with Gasteiger partial charge in [0, 0.05) is 6.04 Å². The summed E-state index contributed by atoms with van der Waals surface area (Å²) in [6.45, 7) is 9.94. The predicted octanol–water partition coefficient (Wildman–Crippen LogP) is 7.55. The summed E-state index contributed by atoms with van der Waals surface area (Å²) in [6.07, 6.45) is 28.3. The van der Waals surface area contributed by atoms with E-state index in [9.17, 15) is 0 Å². The summed E-state index contributed by atoms with van der Waals surface area (Å²) in [7, 11) is 0. The van der Waals surface area contributed by atoms with Gasteiger partial charge in [-0.3, -0.25) is 0 Å². The Bertz CT molecular complexity index is 424. The zero-order valence-corrected chi connectivity index (χ0v) is 20.1. The van der Waals surface area contributed by atoms with Crippen LogP contribution in [0.4, 0.5) is 0 Å². The van der Waals surface area contributed by atoms with Crippen LogP contribution in [0.3, 0.4) is 0 Å². The van der Waals surface area contributed by atoms with Gasteiger partial charge < -0.3 is 11.5 Å². The molecule has 2 nitrogen and oxygen atoms in total. The van der Waals surface area contributed by atoms with Gasteiger partial charge in [0.15, 0.2) is 0 Å². The lowest BCUT2D eigenvalue weighted by Gasteiger charge is -2.18. The van der Waals surface area contributed by atoms with Crippen molar-refractivity contribution in [2.75, 3.05) is 6.54 Å². The van der Waals surface area contributed by atoms with Crippen molar-refractivity contribution in [3.8, 4) is 0 Å². The van der Waals surface area contributed by atoms with Gasteiger partial charge in [-0.05, 0) is 76.2 Å². The molecule has 0 saturated carbocycles. The summed E-state index contributed by atoms with van der Waals surface area (Å²) in [6, 6.07) is 0.313. The molecule has 0 bridgehead atoms. The third-order valence-corrected chi connectivity index (χ3v) is 5.90. The average molecular weight is 405 g/mol. The highest BCUT2D eigenvalue weighted by Crippen LogP contribution is 2.21. The molecule has 0 aliphatic carbocycles. The third kappa shape index (κ3) is 20.2. The van der Waals surface area contributed by atoms with Gasteiger partial charge in [0.2, 0.25) is 0 Å². The normalized spacial score (nSPS) is 16.8. The predicted molar refractivity (Wildman–Crippen MR) is 133 cm³/mol. The first kappa shape index (κ1) is 28.1. The lowest BCUT2D eigenvalue weighted by molar-refractivity contribution is 0.377. The fourth-order valence-corrected chi connectivity index (χ4v) is 3.80. The van der Waals surface area contributed by atoms with Gasteiger partial charge in [-0.25, -0.2) is 0 Å². The second-order valence-electron chi connectivity index (χ2n) is 9.31. The molecule has 0 aromatic heterocycles. The van der Waals surface area contributed by atoms with Crippen molar-refractivity contribution in [2.24, 2.45) is 29.2 Å². The average Bonchev–Trinajstić information content (AvgIpc) is 2.69. The molecule has 2 heteroatoms. The van der Waals surface area contributed by atoms with E-state index in [1.54, 1.807) is 0 Å². The molecule has 0 fully saturated rings. The Morgan fingerprint density at radius 1 is 0.655 bits per heavy atom. The summed E-state index contributed by atoms with van der Waals surface area (Å²) < 4.78 is 0. The molecule has 0 spiro atoms. The summed E-state index contributed by atoms with van der Waals surface area (Å²) >= 11 is 0. The maximum atomic E-state index is 6.34. The number of rotatable bonds is 19. The molecular weight excluding hydrogens is 352 g/mol. The first-order chi connectivity index (χ1) is 14.0. The Hall–Kier alpha value is -0.860. The second-order valence-corrected chi connectivity index (χ2v) is 9.31. The van der Waals surface area contributed by atoms with Crippen molar-refractivity contribution in [1.82, 2.24) is 0 Å². The van der Waals surface area contributed by atoms with Gasteiger partial charge >= 0.3 is 0 Å². The first-order valence-corrected chi connectivity index (χ1v) is 12.4. The van der Waals surface area contributed by atoms with E-state index in [1.165, 1.54) is 38.5 Å². The maximum Gasteiger partial charge on any atom is 0.00759 e. The molecule has 4 atom stereocenters. The fourth-order valence-electron chi connectivity index (χ4n) is 3.80. The molecule has 0 aliphatic heterocycles. The Labute approximate surface area is 183 Å². The number of nitrogens with two attached hydrogens (primary N) is 2. The van der Waals surface area contributed by atoms with Gasteiger partial charge in [-0.2, -0.15) is 0 Å². The van der Waals surface area contributed by atoms with Gasteiger partial charge in [0.05, 0.1) is 0 Å². The molecule has 0 radical (unpaired) electrons. The van der Waals surface area contributed by atoms with E-state index in [-0.39, 0.29) is 0 Å². The standard InChI is InChI=1S/C27H52N2/c1-5-6-7-8-9-10-11-12-13-14-21-27(29)22-25(3)19-15-17-24(2)18-16-20-26(4)23-28/h5-6,9-10,13-14,24-27H,7-8,11-12,15-23,28-29H2,1-4H3. The quantitative estimate of drug-likeness (QED) is 0.172. The zero-order chi connectivity index (χ0) is 21.7. The van der Waals surface area contributed by atoms with Crippen LogP contribution in [0.25, 0.3) is 0 Å². The van der Waals surface area contributed by atoms with E-state index in [1.807, 2.05) is 0 Å². The van der Waals surface area contributed by atoms with E-state index in [0.717, 1.165) is 56.9 Å². The van der Waals surface area contributed by atoms with E-state index >= 15 is 0 Å². The molecule has 29 heavy (non-hydrogen) atoms. The molecule has 170 valence electrons. The van der Waals surface area contributed by atoms with Gasteiger partial charge in [0.25, 0.3) is 0 Å². The minimum absolute atomic E-state index is 0.313. The van der Waals surface area contributed by atoms with E-state index in [4.69, 9.17) is 11.5 Å². The van der Waals surface area contributed by atoms with Crippen LogP contribution < -0.4 is 11.5 Å². The molecule has 4 N–H and O–H groups in total. The lowest BCUT2D eigenvalue weighted by Crippen LogP contribution is -2.22. The Morgan fingerprint density at radius 3 is 1.69 bits per heavy atom. The molecule has 0 aromatic carbocycles. The Kier molecular flexibility index (Phi) is 19.8. The molecule has 0 saturated heterocycles. The Balaban J connectivity index is 3.66. The molecule has 0 heterocycles. The summed E-state index contributed by atoms with van der Waals surface area (Å²) in [5.41, 5.74) is 12.0. The van der Waals surface area contributed by atoms with E-state index in [0.29, 0.717) is 12.0 Å². The molecule has 0 rings (SSSR count). The smallest absolute Gasteiger partial charge is 0.00759 e. The number of unbranched alkanes of at least 4 members (excludes halogenated alkanes) is 2. The van der Waals surface area contributed by atoms with Crippen LogP contribution >= 0.6 is 0 Å². The van der Waals surface area contributed by atoms with Gasteiger partial charge in [-0.1, -0.05) is 89.3 Å². The van der Waals surface area contributed by atoms with Crippen LogP contribution in [0.15, 0.2) is 36.5 Å². The largest absolute Gasteiger partial charge is 0.330 e. The highest BCUT2D eigenvalue weighted by molar-refractivity contribution is 4.91. The SMILES string of the molecule is CC=CCCC=CCCC=CCC(N)CC(C)CCCC(C)CCCC(C)CN. The molecule has 0 aliphatic rings. The van der Waals surface area contributed by atoms with Gasteiger partial charge in [-0.15, -0.1) is 0 Å². The van der Waals surface area contributed by atoms with Crippen LogP contribution in [0.1, 0.15) is 105 Å². The lowest BCUT2D eigenvalue weighted by atomic mass is 9.91. The molecule has 0 amide bonds. The number of hydrogen-bond donors (Lipinski definition) is 2. The van der Waals surface area contributed by atoms with Crippen molar-refractivity contribution < 1.29 is 0 Å². The highest BCUT2D eigenvalue weighted by atomic mass is 14.6. The number of allylic oxidation sites excluding steroid dienone is 5. The topological polar surface area (TPSA) is 52.0 Å². The molecule has 4 unspecified atom stereocenters. The fraction of sp³-hybridized carbons (Fsp3) is 0.778. The monoisotopic (exact) mass is 404 g/mol. The van der Waals surface area contributed by atoms with Crippen LogP contribution in [0, 0.1) is 17.8 Å². The van der Waals surface area contributed by atoms with Crippen molar-refractivity contribution in [2.45, 2.75) is 111 Å². The molecule has 0 aromatic rings. The number of hydrogen-bond acceptors (Lipinski definition) is 2. The van der Waals surface area contributed by atoms with Crippen LogP contribution in [-0.2, 0) is 0 Å². The van der Waals surface area contributed by atoms with Crippen molar-refractivity contribution in [3.05, 3.63) is 36.5 Å². The van der Waals surface area contributed by atoms with E-state index < -0.39 is 0 Å². The van der Waals surface area contributed by atoms with Crippen LogP contribution in [0.2, 0.25) is 0 Å². The van der Waals surface area contributed by atoms with Crippen molar-refractivity contribution in [1.29, 1.82) is 0 Å². The van der Waals surface area contributed by atoms with Crippen LogP contribution in [0.5, 0.6) is 0 Å². The summed E-state index contributed by atoms with van der Waals surface area (Å²) in [4.78, 5) is 0. The third-order valence-electron chi connectivity index (χ3n) is 5.90. The summed E-state index contributed by atoms with van der Waals surface area (Å²) in [5, 5.41) is 0. The van der Waals surface area contributed by atoms with E-state index in [2.05, 4.69) is 64.2 Å². The van der Waals surface area contributed by atoms with Crippen LogP contribution in [-0.4, -0.2) is 12.6 Å². The van der Waals surface area contributed by atoms with Gasteiger partial charge in [0.1, 0.15) is 0 Å². The zero-order valence-electron chi connectivity index (χ0n) is 20.1. The maximum absolute atomic E-state index is 6.34. The Morgan fingerprint density at radius 2 is 1.14 bits per heavy atom. The van der Waals surface area contributed by atoms with Crippen molar-refractivity contribution >= 4 is 0 Å². The minimum Gasteiger partial charge on any atom is -0.330 e.